The summed E-state index contributed by atoms with van der Waals surface area (Å²) in [7, 11) is 0. The van der Waals surface area contributed by atoms with Gasteiger partial charge < -0.3 is 19.9 Å². The lowest BCUT2D eigenvalue weighted by Gasteiger charge is -2.40. The van der Waals surface area contributed by atoms with E-state index >= 15 is 0 Å². The van der Waals surface area contributed by atoms with Crippen LogP contribution in [-0.2, 0) is 16.1 Å². The van der Waals surface area contributed by atoms with Crippen molar-refractivity contribution >= 4 is 17.6 Å². The number of para-hydroxylation sites is 1. The maximum absolute atomic E-state index is 13.7. The molecule has 6 nitrogen and oxygen atoms in total. The van der Waals surface area contributed by atoms with Gasteiger partial charge in [-0.25, -0.2) is 4.79 Å². The molecular weight excluding hydrogens is 390 g/mol. The standard InChI is InChI=1S/C25H31N3O3/c1-24(2,3)31-22(29)21-12-8-7-9-19(21)17-27-18-28(20-10-5-4-6-11-20)25(23(27)30)13-15-26-16-14-25/h4-12,26H,13-18H2,1-3H3. The Balaban J connectivity index is 1.63. The lowest BCUT2D eigenvalue weighted by atomic mass is 9.86. The molecule has 2 aromatic carbocycles. The molecule has 4 rings (SSSR count). The minimum absolute atomic E-state index is 0.136. The molecule has 0 aliphatic carbocycles. The van der Waals surface area contributed by atoms with Crippen molar-refractivity contribution in [1.82, 2.24) is 10.2 Å². The van der Waals surface area contributed by atoms with Gasteiger partial charge in [0.15, 0.2) is 0 Å². The van der Waals surface area contributed by atoms with E-state index < -0.39 is 11.1 Å². The predicted molar refractivity (Wildman–Crippen MR) is 121 cm³/mol. The van der Waals surface area contributed by atoms with Gasteiger partial charge in [0.05, 0.1) is 12.2 Å². The van der Waals surface area contributed by atoms with E-state index in [1.165, 1.54) is 0 Å². The number of benzene rings is 2. The van der Waals surface area contributed by atoms with Crippen molar-refractivity contribution in [3.05, 3.63) is 65.7 Å². The number of carbonyl (C=O) groups excluding carboxylic acids is 2. The number of rotatable bonds is 4. The van der Waals surface area contributed by atoms with Gasteiger partial charge in [0.2, 0.25) is 5.91 Å². The van der Waals surface area contributed by atoms with Crippen LogP contribution in [0.2, 0.25) is 0 Å². The lowest BCUT2D eigenvalue weighted by Crippen LogP contribution is -2.55. The quantitative estimate of drug-likeness (QED) is 0.765. The normalized spacial score (nSPS) is 18.5. The summed E-state index contributed by atoms with van der Waals surface area (Å²) in [5.74, 6) is -0.219. The monoisotopic (exact) mass is 421 g/mol. The van der Waals surface area contributed by atoms with Crippen LogP contribution < -0.4 is 10.2 Å². The number of carbonyl (C=O) groups is 2. The lowest BCUT2D eigenvalue weighted by molar-refractivity contribution is -0.133. The second-order valence-corrected chi connectivity index (χ2v) is 9.35. The van der Waals surface area contributed by atoms with Crippen LogP contribution >= 0.6 is 0 Å². The molecule has 6 heteroatoms. The van der Waals surface area contributed by atoms with Crippen LogP contribution in [0.25, 0.3) is 0 Å². The predicted octanol–water partition coefficient (Wildman–Crippen LogP) is 3.57. The second kappa shape index (κ2) is 8.35. The maximum Gasteiger partial charge on any atom is 0.338 e. The first-order chi connectivity index (χ1) is 14.8. The van der Waals surface area contributed by atoms with Crippen molar-refractivity contribution in [3.63, 3.8) is 0 Å². The summed E-state index contributed by atoms with van der Waals surface area (Å²) in [5.41, 5.74) is 1.28. The van der Waals surface area contributed by atoms with Crippen molar-refractivity contribution < 1.29 is 14.3 Å². The van der Waals surface area contributed by atoms with E-state index in [0.29, 0.717) is 18.8 Å². The molecular formula is C25H31N3O3. The highest BCUT2D eigenvalue weighted by Gasteiger charge is 2.52. The Morgan fingerprint density at radius 2 is 1.68 bits per heavy atom. The zero-order chi connectivity index (χ0) is 22.1. The Labute approximate surface area is 184 Å². The summed E-state index contributed by atoms with van der Waals surface area (Å²) >= 11 is 0. The van der Waals surface area contributed by atoms with Crippen molar-refractivity contribution in [2.75, 3.05) is 24.7 Å². The van der Waals surface area contributed by atoms with Gasteiger partial charge in [0.25, 0.3) is 0 Å². The molecule has 2 aliphatic heterocycles. The number of anilines is 1. The smallest absolute Gasteiger partial charge is 0.338 e. The zero-order valence-corrected chi connectivity index (χ0v) is 18.6. The van der Waals surface area contributed by atoms with Gasteiger partial charge in [-0.15, -0.1) is 0 Å². The number of nitrogens with zero attached hydrogens (tertiary/aromatic N) is 2. The fourth-order valence-corrected chi connectivity index (χ4v) is 4.56. The van der Waals surface area contributed by atoms with E-state index in [1.807, 2.05) is 62.1 Å². The fourth-order valence-electron chi connectivity index (χ4n) is 4.56. The van der Waals surface area contributed by atoms with Crippen molar-refractivity contribution in [2.45, 2.75) is 51.3 Å². The van der Waals surface area contributed by atoms with Gasteiger partial charge in [-0.05, 0) is 70.5 Å². The summed E-state index contributed by atoms with van der Waals surface area (Å²) < 4.78 is 5.59. The van der Waals surface area contributed by atoms with E-state index in [2.05, 4.69) is 22.3 Å². The molecule has 31 heavy (non-hydrogen) atoms. The average molecular weight is 422 g/mol. The molecule has 2 aliphatic rings. The van der Waals surface area contributed by atoms with Crippen LogP contribution in [0.4, 0.5) is 5.69 Å². The average Bonchev–Trinajstić information content (AvgIpc) is 3.00. The molecule has 0 bridgehead atoms. The number of hydrogen-bond donors (Lipinski definition) is 1. The summed E-state index contributed by atoms with van der Waals surface area (Å²) in [6.07, 6.45) is 1.54. The first kappa shape index (κ1) is 21.4. The summed E-state index contributed by atoms with van der Waals surface area (Å²) in [4.78, 5) is 30.6. The summed E-state index contributed by atoms with van der Waals surface area (Å²) in [6, 6.07) is 17.6. The Morgan fingerprint density at radius 3 is 2.35 bits per heavy atom. The van der Waals surface area contributed by atoms with Gasteiger partial charge in [-0.3, -0.25) is 4.79 Å². The van der Waals surface area contributed by atoms with Crippen LogP contribution in [0.1, 0.15) is 49.5 Å². The van der Waals surface area contributed by atoms with E-state index in [1.54, 1.807) is 6.07 Å². The number of nitrogens with one attached hydrogen (secondary N) is 1. The highest BCUT2D eigenvalue weighted by molar-refractivity contribution is 5.94. The SMILES string of the molecule is CC(C)(C)OC(=O)c1ccccc1CN1CN(c2ccccc2)C2(CCNCC2)C1=O. The van der Waals surface area contributed by atoms with Crippen molar-refractivity contribution in [2.24, 2.45) is 0 Å². The van der Waals surface area contributed by atoms with E-state index in [-0.39, 0.29) is 11.9 Å². The van der Waals surface area contributed by atoms with Crippen molar-refractivity contribution in [1.29, 1.82) is 0 Å². The van der Waals surface area contributed by atoms with Gasteiger partial charge >= 0.3 is 5.97 Å². The molecule has 1 spiro atoms. The third-order valence-electron chi connectivity index (χ3n) is 6.01. The summed E-state index contributed by atoms with van der Waals surface area (Å²) in [5, 5.41) is 3.38. The first-order valence-electron chi connectivity index (χ1n) is 10.9. The third-order valence-corrected chi connectivity index (χ3v) is 6.01. The van der Waals surface area contributed by atoms with E-state index in [4.69, 9.17) is 4.74 Å². The largest absolute Gasteiger partial charge is 0.456 e. The van der Waals surface area contributed by atoms with E-state index in [0.717, 1.165) is 37.2 Å². The molecule has 164 valence electrons. The van der Waals surface area contributed by atoms with Crippen LogP contribution in [0.15, 0.2) is 54.6 Å². The number of hydrogen-bond acceptors (Lipinski definition) is 5. The minimum atomic E-state index is -0.572. The molecule has 1 amide bonds. The number of amides is 1. The first-order valence-corrected chi connectivity index (χ1v) is 10.9. The second-order valence-electron chi connectivity index (χ2n) is 9.35. The Bertz CT molecular complexity index is 946. The van der Waals surface area contributed by atoms with Crippen LogP contribution in [0.5, 0.6) is 0 Å². The van der Waals surface area contributed by atoms with Gasteiger partial charge in [0, 0.05) is 12.2 Å². The number of esters is 1. The minimum Gasteiger partial charge on any atom is -0.456 e. The molecule has 2 aromatic rings. The van der Waals surface area contributed by atoms with Crippen LogP contribution in [0, 0.1) is 0 Å². The fraction of sp³-hybridized carbons (Fsp3) is 0.440. The molecule has 0 saturated carbocycles. The van der Waals surface area contributed by atoms with E-state index in [9.17, 15) is 9.59 Å². The zero-order valence-electron chi connectivity index (χ0n) is 18.6. The Hall–Kier alpha value is -2.86. The molecule has 2 saturated heterocycles. The topological polar surface area (TPSA) is 61.9 Å². The van der Waals surface area contributed by atoms with Gasteiger partial charge in [0.1, 0.15) is 11.1 Å². The molecule has 0 radical (unpaired) electrons. The summed E-state index contributed by atoms with van der Waals surface area (Å²) in [6.45, 7) is 8.09. The van der Waals surface area contributed by atoms with Gasteiger partial charge in [-0.2, -0.15) is 0 Å². The highest BCUT2D eigenvalue weighted by Crippen LogP contribution is 2.38. The van der Waals surface area contributed by atoms with Gasteiger partial charge in [-0.1, -0.05) is 36.4 Å². The maximum atomic E-state index is 13.7. The molecule has 2 fully saturated rings. The third kappa shape index (κ3) is 4.30. The molecule has 0 atom stereocenters. The van der Waals surface area contributed by atoms with Crippen LogP contribution in [0.3, 0.4) is 0 Å². The molecule has 1 N–H and O–H groups in total. The Morgan fingerprint density at radius 1 is 1.03 bits per heavy atom. The molecule has 0 aromatic heterocycles. The molecule has 2 heterocycles. The van der Waals surface area contributed by atoms with Crippen LogP contribution in [-0.4, -0.2) is 47.7 Å². The Kier molecular flexibility index (Phi) is 5.75. The molecule has 0 unspecified atom stereocenters. The number of ether oxygens (including phenoxy) is 1. The van der Waals surface area contributed by atoms with Crippen molar-refractivity contribution in [3.8, 4) is 0 Å². The highest BCUT2D eigenvalue weighted by atomic mass is 16.6. The number of piperidine rings is 1.